The highest BCUT2D eigenvalue weighted by atomic mass is 16.5. The minimum atomic E-state index is 0.141. The molecule has 0 amide bonds. The Labute approximate surface area is 158 Å². The van der Waals surface area contributed by atoms with Crippen LogP contribution in [-0.4, -0.2) is 44.6 Å². The van der Waals surface area contributed by atoms with Gasteiger partial charge < -0.3 is 9.26 Å². The van der Waals surface area contributed by atoms with Gasteiger partial charge in [-0.2, -0.15) is 10.1 Å². The molecule has 1 aliphatic heterocycles. The van der Waals surface area contributed by atoms with Crippen molar-refractivity contribution in [2.45, 2.75) is 39.9 Å². The predicted octanol–water partition coefficient (Wildman–Crippen LogP) is 2.81. The predicted molar refractivity (Wildman–Crippen MR) is 100 cm³/mol. The minimum absolute atomic E-state index is 0.141. The van der Waals surface area contributed by atoms with Crippen molar-refractivity contribution in [1.29, 1.82) is 0 Å². The molecule has 0 N–H and O–H groups in total. The second kappa shape index (κ2) is 7.62. The van der Waals surface area contributed by atoms with E-state index in [2.05, 4.69) is 57.8 Å². The highest BCUT2D eigenvalue weighted by Gasteiger charge is 2.30. The molecule has 2 aromatic heterocycles. The standard InChI is InChI=1S/C20H25N5O2/c1-14-20(15(2)25(22-14)11-17-7-5-4-6-8-17)18-13-26-10-9-24(18)12-19-21-16(3)27-23-19/h4-8,18H,9-13H2,1-3H3/t18-/m1/s1. The van der Waals surface area contributed by atoms with Crippen LogP contribution in [-0.2, 0) is 17.8 Å². The van der Waals surface area contributed by atoms with Gasteiger partial charge >= 0.3 is 0 Å². The number of benzene rings is 1. The molecule has 0 radical (unpaired) electrons. The highest BCUT2D eigenvalue weighted by Crippen LogP contribution is 2.30. The van der Waals surface area contributed by atoms with Crippen molar-refractivity contribution in [3.8, 4) is 0 Å². The Balaban J connectivity index is 1.60. The van der Waals surface area contributed by atoms with Gasteiger partial charge in [-0.15, -0.1) is 0 Å². The SMILES string of the molecule is Cc1nc(CN2CCOC[C@@H]2c2c(C)nn(Cc3ccccc3)c2C)no1. The van der Waals surface area contributed by atoms with E-state index >= 15 is 0 Å². The zero-order chi connectivity index (χ0) is 18.8. The third-order valence-electron chi connectivity index (χ3n) is 5.10. The fraction of sp³-hybridized carbons (Fsp3) is 0.450. The van der Waals surface area contributed by atoms with Crippen molar-refractivity contribution in [3.05, 3.63) is 64.6 Å². The van der Waals surface area contributed by atoms with E-state index in [0.717, 1.165) is 18.8 Å². The van der Waals surface area contributed by atoms with Gasteiger partial charge in [0, 0.05) is 24.7 Å². The highest BCUT2D eigenvalue weighted by molar-refractivity contribution is 5.30. The Bertz CT molecular complexity index is 902. The molecule has 7 heteroatoms. The molecule has 1 fully saturated rings. The number of rotatable bonds is 5. The summed E-state index contributed by atoms with van der Waals surface area (Å²) in [7, 11) is 0. The van der Waals surface area contributed by atoms with E-state index in [1.807, 2.05) is 13.0 Å². The van der Waals surface area contributed by atoms with E-state index in [1.54, 1.807) is 0 Å². The Hall–Kier alpha value is -2.51. The second-order valence-corrected chi connectivity index (χ2v) is 7.02. The molecule has 142 valence electrons. The Morgan fingerprint density at radius 1 is 1.11 bits per heavy atom. The van der Waals surface area contributed by atoms with Gasteiger partial charge in [-0.25, -0.2) is 0 Å². The summed E-state index contributed by atoms with van der Waals surface area (Å²) in [4.78, 5) is 6.72. The van der Waals surface area contributed by atoms with Gasteiger partial charge in [-0.1, -0.05) is 35.5 Å². The van der Waals surface area contributed by atoms with E-state index in [4.69, 9.17) is 14.4 Å². The molecule has 3 aromatic rings. The van der Waals surface area contributed by atoms with E-state index in [-0.39, 0.29) is 6.04 Å². The quantitative estimate of drug-likeness (QED) is 0.691. The Kier molecular flexibility index (Phi) is 5.05. The molecule has 27 heavy (non-hydrogen) atoms. The lowest BCUT2D eigenvalue weighted by atomic mass is 10.0. The van der Waals surface area contributed by atoms with Crippen molar-refractivity contribution in [3.63, 3.8) is 0 Å². The van der Waals surface area contributed by atoms with E-state index in [9.17, 15) is 0 Å². The van der Waals surface area contributed by atoms with Crippen LogP contribution in [0.2, 0.25) is 0 Å². The first-order chi connectivity index (χ1) is 13.1. The molecule has 0 bridgehead atoms. The number of hydrogen-bond donors (Lipinski definition) is 0. The molecule has 0 unspecified atom stereocenters. The van der Waals surface area contributed by atoms with Gasteiger partial charge in [-0.05, 0) is 19.4 Å². The molecule has 1 aliphatic rings. The molecule has 1 aromatic carbocycles. The van der Waals surface area contributed by atoms with Crippen LogP contribution in [0.15, 0.2) is 34.9 Å². The number of aromatic nitrogens is 4. The van der Waals surface area contributed by atoms with Gasteiger partial charge in [0.15, 0.2) is 5.82 Å². The third kappa shape index (κ3) is 3.79. The maximum absolute atomic E-state index is 5.80. The van der Waals surface area contributed by atoms with Crippen LogP contribution in [0.3, 0.4) is 0 Å². The van der Waals surface area contributed by atoms with Gasteiger partial charge in [-0.3, -0.25) is 9.58 Å². The summed E-state index contributed by atoms with van der Waals surface area (Å²) in [5, 5.41) is 8.87. The molecule has 1 atom stereocenters. The van der Waals surface area contributed by atoms with Crippen LogP contribution in [0.5, 0.6) is 0 Å². The molecule has 0 aliphatic carbocycles. The lowest BCUT2D eigenvalue weighted by molar-refractivity contribution is -0.0145. The molecule has 3 heterocycles. The van der Waals surface area contributed by atoms with Crippen molar-refractivity contribution in [2.24, 2.45) is 0 Å². The summed E-state index contributed by atoms with van der Waals surface area (Å²) in [6.07, 6.45) is 0. The second-order valence-electron chi connectivity index (χ2n) is 7.02. The summed E-state index contributed by atoms with van der Waals surface area (Å²) in [5.74, 6) is 1.31. The Morgan fingerprint density at radius 3 is 2.67 bits per heavy atom. The van der Waals surface area contributed by atoms with Crippen LogP contribution in [0.25, 0.3) is 0 Å². The van der Waals surface area contributed by atoms with Crippen LogP contribution >= 0.6 is 0 Å². The van der Waals surface area contributed by atoms with Crippen LogP contribution in [0, 0.1) is 20.8 Å². The van der Waals surface area contributed by atoms with E-state index in [1.165, 1.54) is 16.8 Å². The fourth-order valence-corrected chi connectivity index (χ4v) is 3.78. The fourth-order valence-electron chi connectivity index (χ4n) is 3.78. The largest absolute Gasteiger partial charge is 0.378 e. The van der Waals surface area contributed by atoms with Gasteiger partial charge in [0.05, 0.1) is 38.0 Å². The normalized spacial score (nSPS) is 18.1. The van der Waals surface area contributed by atoms with Gasteiger partial charge in [0.25, 0.3) is 0 Å². The first-order valence-corrected chi connectivity index (χ1v) is 9.30. The van der Waals surface area contributed by atoms with E-state index in [0.29, 0.717) is 31.5 Å². The maximum atomic E-state index is 5.80. The van der Waals surface area contributed by atoms with Crippen molar-refractivity contribution < 1.29 is 9.26 Å². The molecule has 7 nitrogen and oxygen atoms in total. The molecule has 1 saturated heterocycles. The molecule has 0 saturated carbocycles. The van der Waals surface area contributed by atoms with Gasteiger partial charge in [0.2, 0.25) is 5.89 Å². The summed E-state index contributed by atoms with van der Waals surface area (Å²) < 4.78 is 13.0. The lowest BCUT2D eigenvalue weighted by Crippen LogP contribution is -2.39. The van der Waals surface area contributed by atoms with Crippen LogP contribution in [0.1, 0.15) is 40.3 Å². The average Bonchev–Trinajstić information content (AvgIpc) is 3.19. The van der Waals surface area contributed by atoms with Crippen molar-refractivity contribution >= 4 is 0 Å². The number of ether oxygens (including phenoxy) is 1. The molecular weight excluding hydrogens is 342 g/mol. The molecule has 0 spiro atoms. The third-order valence-corrected chi connectivity index (χ3v) is 5.10. The number of nitrogens with zero attached hydrogens (tertiary/aromatic N) is 5. The Morgan fingerprint density at radius 2 is 1.93 bits per heavy atom. The maximum Gasteiger partial charge on any atom is 0.223 e. The van der Waals surface area contributed by atoms with Crippen molar-refractivity contribution in [1.82, 2.24) is 24.8 Å². The molecule has 4 rings (SSSR count). The summed E-state index contributed by atoms with van der Waals surface area (Å²) >= 11 is 0. The number of aryl methyl sites for hydroxylation is 2. The smallest absolute Gasteiger partial charge is 0.223 e. The summed E-state index contributed by atoms with van der Waals surface area (Å²) in [5.41, 5.74) is 4.72. The zero-order valence-electron chi connectivity index (χ0n) is 16.1. The first kappa shape index (κ1) is 17.9. The lowest BCUT2D eigenvalue weighted by Gasteiger charge is -2.35. The monoisotopic (exact) mass is 367 g/mol. The van der Waals surface area contributed by atoms with Crippen molar-refractivity contribution in [2.75, 3.05) is 19.8 Å². The first-order valence-electron chi connectivity index (χ1n) is 9.30. The topological polar surface area (TPSA) is 69.2 Å². The van der Waals surface area contributed by atoms with Gasteiger partial charge in [0.1, 0.15) is 0 Å². The van der Waals surface area contributed by atoms with E-state index < -0.39 is 0 Å². The zero-order valence-corrected chi connectivity index (χ0v) is 16.1. The average molecular weight is 367 g/mol. The minimum Gasteiger partial charge on any atom is -0.378 e. The number of hydrogen-bond acceptors (Lipinski definition) is 6. The van der Waals surface area contributed by atoms with Crippen LogP contribution in [0.4, 0.5) is 0 Å². The number of morpholine rings is 1. The summed E-state index contributed by atoms with van der Waals surface area (Å²) in [6, 6.07) is 10.6. The molecular formula is C20H25N5O2. The van der Waals surface area contributed by atoms with Crippen LogP contribution < -0.4 is 0 Å². The summed E-state index contributed by atoms with van der Waals surface area (Å²) in [6.45, 7) is 9.65.